The lowest BCUT2D eigenvalue weighted by Crippen LogP contribution is -2.49. The van der Waals surface area contributed by atoms with Gasteiger partial charge >= 0.3 is 0 Å². The molecule has 1 saturated heterocycles. The monoisotopic (exact) mass is 472 g/mol. The third-order valence-electron chi connectivity index (χ3n) is 6.84. The largest absolute Gasteiger partial charge is 0.336 e. The number of piperazine rings is 1. The molecule has 8 heteroatoms. The average Bonchev–Trinajstić information content (AvgIpc) is 3.50. The Morgan fingerprint density at radius 3 is 2.68 bits per heavy atom. The van der Waals surface area contributed by atoms with Crippen molar-refractivity contribution in [2.24, 2.45) is 0 Å². The number of nitrogens with zero attached hydrogens (tertiary/aromatic N) is 6. The van der Waals surface area contributed by atoms with Gasteiger partial charge in [0.25, 0.3) is 5.91 Å². The van der Waals surface area contributed by atoms with Crippen molar-refractivity contribution in [3.63, 3.8) is 0 Å². The SMILES string of the molecule is Cc1nn(-c2ccccn2)c2nc(C3CC3)cc(C(=O)N3CCN(CCc4cccs4)CC3)c12. The van der Waals surface area contributed by atoms with Gasteiger partial charge in [-0.2, -0.15) is 9.78 Å². The number of fused-ring (bicyclic) bond motifs is 1. The van der Waals surface area contributed by atoms with Crippen LogP contribution in [0.2, 0.25) is 0 Å². The van der Waals surface area contributed by atoms with Crippen molar-refractivity contribution in [3.8, 4) is 5.82 Å². The highest BCUT2D eigenvalue weighted by Crippen LogP contribution is 2.41. The molecule has 0 spiro atoms. The molecule has 0 radical (unpaired) electrons. The molecule has 1 aliphatic carbocycles. The summed E-state index contributed by atoms with van der Waals surface area (Å²) in [6.45, 7) is 6.32. The lowest BCUT2D eigenvalue weighted by atomic mass is 10.1. The first-order chi connectivity index (χ1) is 16.7. The fraction of sp³-hybridized carbons (Fsp3) is 0.385. The van der Waals surface area contributed by atoms with E-state index in [9.17, 15) is 4.79 Å². The van der Waals surface area contributed by atoms with Gasteiger partial charge in [0, 0.05) is 55.4 Å². The molecule has 0 aromatic carbocycles. The van der Waals surface area contributed by atoms with Crippen LogP contribution >= 0.6 is 11.3 Å². The molecule has 174 valence electrons. The van der Waals surface area contributed by atoms with Crippen LogP contribution in [0, 0.1) is 6.92 Å². The normalized spacial score (nSPS) is 16.9. The maximum absolute atomic E-state index is 13.8. The van der Waals surface area contributed by atoms with Crippen molar-refractivity contribution in [2.45, 2.75) is 32.1 Å². The summed E-state index contributed by atoms with van der Waals surface area (Å²) in [5, 5.41) is 7.73. The minimum absolute atomic E-state index is 0.0934. The summed E-state index contributed by atoms with van der Waals surface area (Å²) in [4.78, 5) is 29.1. The summed E-state index contributed by atoms with van der Waals surface area (Å²) in [7, 11) is 0. The number of aromatic nitrogens is 4. The van der Waals surface area contributed by atoms with E-state index in [1.807, 2.05) is 47.4 Å². The maximum Gasteiger partial charge on any atom is 0.254 e. The molecule has 0 N–H and O–H groups in total. The molecule has 2 fully saturated rings. The van der Waals surface area contributed by atoms with Crippen molar-refractivity contribution in [3.05, 3.63) is 69.8 Å². The molecule has 0 unspecified atom stereocenters. The Morgan fingerprint density at radius 2 is 1.97 bits per heavy atom. The molecule has 7 nitrogen and oxygen atoms in total. The van der Waals surface area contributed by atoms with Crippen LogP contribution in [0.3, 0.4) is 0 Å². The Bertz CT molecular complexity index is 1300. The van der Waals surface area contributed by atoms with E-state index in [1.54, 1.807) is 10.9 Å². The van der Waals surface area contributed by atoms with Crippen LogP contribution in [-0.2, 0) is 6.42 Å². The number of carbonyl (C=O) groups excluding carboxylic acids is 1. The molecule has 0 bridgehead atoms. The summed E-state index contributed by atoms with van der Waals surface area (Å²) < 4.78 is 1.79. The van der Waals surface area contributed by atoms with Gasteiger partial charge in [-0.1, -0.05) is 12.1 Å². The number of carbonyl (C=O) groups is 1. The summed E-state index contributed by atoms with van der Waals surface area (Å²) in [5.41, 5.74) is 3.29. The minimum Gasteiger partial charge on any atom is -0.336 e. The highest BCUT2D eigenvalue weighted by molar-refractivity contribution is 7.09. The van der Waals surface area contributed by atoms with E-state index < -0.39 is 0 Å². The smallest absolute Gasteiger partial charge is 0.254 e. The van der Waals surface area contributed by atoms with Crippen LogP contribution in [0.15, 0.2) is 48.0 Å². The number of pyridine rings is 2. The van der Waals surface area contributed by atoms with Gasteiger partial charge in [-0.15, -0.1) is 11.3 Å². The number of hydrogen-bond acceptors (Lipinski definition) is 6. The molecule has 5 heterocycles. The van der Waals surface area contributed by atoms with Gasteiger partial charge in [0.1, 0.15) is 0 Å². The zero-order valence-electron chi connectivity index (χ0n) is 19.4. The zero-order valence-corrected chi connectivity index (χ0v) is 20.2. The standard InChI is InChI=1S/C26H28N6OS/c1-18-24-21(26(33)31-14-12-30(13-15-31)11-9-20-5-4-16-34-20)17-22(19-7-8-19)28-25(24)32(29-18)23-6-2-3-10-27-23/h2-6,10,16-17,19H,7-9,11-15H2,1H3. The average molecular weight is 473 g/mol. The van der Waals surface area contributed by atoms with Crippen molar-refractivity contribution < 1.29 is 4.79 Å². The Labute approximate surface area is 203 Å². The molecular weight excluding hydrogens is 444 g/mol. The van der Waals surface area contributed by atoms with Crippen molar-refractivity contribution in [1.29, 1.82) is 0 Å². The van der Waals surface area contributed by atoms with E-state index in [2.05, 4.69) is 27.4 Å². The fourth-order valence-corrected chi connectivity index (χ4v) is 5.47. The third-order valence-corrected chi connectivity index (χ3v) is 7.78. The van der Waals surface area contributed by atoms with Crippen LogP contribution in [0.5, 0.6) is 0 Å². The first-order valence-electron chi connectivity index (χ1n) is 12.0. The lowest BCUT2D eigenvalue weighted by molar-refractivity contribution is 0.0640. The predicted octanol–water partition coefficient (Wildman–Crippen LogP) is 4.06. The molecular formula is C26H28N6OS. The van der Waals surface area contributed by atoms with Crippen LogP contribution in [-0.4, -0.2) is 68.2 Å². The molecule has 0 atom stereocenters. The van der Waals surface area contributed by atoms with E-state index in [0.717, 1.165) is 85.8 Å². The maximum atomic E-state index is 13.8. The number of rotatable bonds is 6. The van der Waals surface area contributed by atoms with Crippen molar-refractivity contribution >= 4 is 28.3 Å². The second kappa shape index (κ2) is 8.92. The predicted molar refractivity (Wildman–Crippen MR) is 134 cm³/mol. The first kappa shape index (κ1) is 21.4. The third kappa shape index (κ3) is 4.12. The molecule has 1 amide bonds. The van der Waals surface area contributed by atoms with Gasteiger partial charge in [-0.3, -0.25) is 9.69 Å². The van der Waals surface area contributed by atoms with E-state index in [1.165, 1.54) is 4.88 Å². The van der Waals surface area contributed by atoms with E-state index in [0.29, 0.717) is 5.92 Å². The molecule has 6 rings (SSSR count). The first-order valence-corrected chi connectivity index (χ1v) is 12.9. The highest BCUT2D eigenvalue weighted by Gasteiger charge is 2.31. The van der Waals surface area contributed by atoms with Crippen LogP contribution in [0.4, 0.5) is 0 Å². The van der Waals surface area contributed by atoms with Crippen molar-refractivity contribution in [2.75, 3.05) is 32.7 Å². The summed E-state index contributed by atoms with van der Waals surface area (Å²) in [5.74, 6) is 1.26. The second-order valence-corrected chi connectivity index (χ2v) is 10.2. The zero-order chi connectivity index (χ0) is 23.1. The number of hydrogen-bond donors (Lipinski definition) is 0. The Kier molecular flexibility index (Phi) is 5.63. The summed E-state index contributed by atoms with van der Waals surface area (Å²) in [6.07, 6.45) is 5.09. The van der Waals surface area contributed by atoms with E-state index in [-0.39, 0.29) is 5.91 Å². The van der Waals surface area contributed by atoms with E-state index >= 15 is 0 Å². The molecule has 4 aromatic rings. The fourth-order valence-electron chi connectivity index (χ4n) is 4.77. The van der Waals surface area contributed by atoms with Crippen LogP contribution in [0.25, 0.3) is 16.9 Å². The minimum atomic E-state index is 0.0934. The topological polar surface area (TPSA) is 67.2 Å². The Balaban J connectivity index is 1.27. The highest BCUT2D eigenvalue weighted by atomic mass is 32.1. The summed E-state index contributed by atoms with van der Waals surface area (Å²) >= 11 is 1.82. The Morgan fingerprint density at radius 1 is 1.12 bits per heavy atom. The number of aryl methyl sites for hydroxylation is 1. The molecule has 1 saturated carbocycles. The quantitative estimate of drug-likeness (QED) is 0.423. The van der Waals surface area contributed by atoms with Gasteiger partial charge in [0.05, 0.1) is 16.6 Å². The summed E-state index contributed by atoms with van der Waals surface area (Å²) in [6, 6.07) is 12.1. The van der Waals surface area contributed by atoms with Gasteiger partial charge in [-0.05, 0) is 55.8 Å². The van der Waals surface area contributed by atoms with Gasteiger partial charge < -0.3 is 4.90 Å². The molecule has 4 aromatic heterocycles. The van der Waals surface area contributed by atoms with Crippen LogP contribution in [0.1, 0.15) is 45.4 Å². The van der Waals surface area contributed by atoms with Gasteiger partial charge in [-0.25, -0.2) is 9.97 Å². The number of amides is 1. The Hall–Kier alpha value is -3.10. The second-order valence-electron chi connectivity index (χ2n) is 9.22. The van der Waals surface area contributed by atoms with Gasteiger partial charge in [0.15, 0.2) is 11.5 Å². The van der Waals surface area contributed by atoms with Crippen LogP contribution < -0.4 is 0 Å². The lowest BCUT2D eigenvalue weighted by Gasteiger charge is -2.34. The van der Waals surface area contributed by atoms with Gasteiger partial charge in [0.2, 0.25) is 0 Å². The molecule has 34 heavy (non-hydrogen) atoms. The van der Waals surface area contributed by atoms with Crippen molar-refractivity contribution in [1.82, 2.24) is 29.5 Å². The van der Waals surface area contributed by atoms with E-state index in [4.69, 9.17) is 10.1 Å². The molecule has 2 aliphatic rings. The molecule has 1 aliphatic heterocycles. The number of thiophene rings is 1.